The summed E-state index contributed by atoms with van der Waals surface area (Å²) in [4.78, 5) is 11.5. The zero-order valence-electron chi connectivity index (χ0n) is 19.4. The molecule has 0 aliphatic rings. The third-order valence-electron chi connectivity index (χ3n) is 5.55. The summed E-state index contributed by atoms with van der Waals surface area (Å²) in [6.45, 7) is 2.77. The Morgan fingerprint density at radius 3 is 2.66 bits per heavy atom. The van der Waals surface area contributed by atoms with Crippen LogP contribution in [0, 0.1) is 0 Å². The lowest BCUT2D eigenvalue weighted by Crippen LogP contribution is -2.10. The number of benzene rings is 2. The second-order valence-corrected chi connectivity index (χ2v) is 7.99. The van der Waals surface area contributed by atoms with Crippen LogP contribution in [-0.2, 0) is 28.7 Å². The Morgan fingerprint density at radius 2 is 1.91 bits per heavy atom. The molecule has 2 aromatic carbocycles. The molecule has 186 valence electrons. The van der Waals surface area contributed by atoms with Crippen LogP contribution in [0.15, 0.2) is 47.1 Å². The molecule has 10 heteroatoms. The number of carbonyl (C=O) groups is 1. The van der Waals surface area contributed by atoms with Crippen molar-refractivity contribution in [3.05, 3.63) is 53.9 Å². The molecule has 0 radical (unpaired) electrons. The normalized spacial score (nSPS) is 11.8. The largest absolute Gasteiger partial charge is 0.493 e. The van der Waals surface area contributed by atoms with Crippen molar-refractivity contribution in [3.63, 3.8) is 0 Å². The maximum atomic E-state index is 13.2. The zero-order chi connectivity index (χ0) is 25.0. The minimum Gasteiger partial charge on any atom is -0.493 e. The van der Waals surface area contributed by atoms with Gasteiger partial charge in [0.1, 0.15) is 18.0 Å². The molecular weight excluding hydrogens is 465 g/mol. The first-order chi connectivity index (χ1) is 16.8. The van der Waals surface area contributed by atoms with Crippen LogP contribution in [0.3, 0.4) is 0 Å². The van der Waals surface area contributed by atoms with Crippen LogP contribution >= 0.6 is 0 Å². The Bertz CT molecular complexity index is 1330. The molecule has 0 amide bonds. The lowest BCUT2D eigenvalue weighted by Gasteiger charge is -2.12. The van der Waals surface area contributed by atoms with Crippen molar-refractivity contribution in [2.45, 2.75) is 38.9 Å². The summed E-state index contributed by atoms with van der Waals surface area (Å²) in [5.74, 6) is 0.841. The van der Waals surface area contributed by atoms with E-state index in [-0.39, 0.29) is 23.5 Å². The number of rotatable bonds is 10. The minimum atomic E-state index is -4.58. The van der Waals surface area contributed by atoms with Crippen LogP contribution in [0.4, 0.5) is 13.2 Å². The second kappa shape index (κ2) is 10.3. The van der Waals surface area contributed by atoms with E-state index in [9.17, 15) is 18.0 Å². The molecule has 4 rings (SSSR count). The highest BCUT2D eigenvalue weighted by molar-refractivity contribution is 5.85. The number of aromatic nitrogens is 2. The van der Waals surface area contributed by atoms with E-state index in [0.717, 1.165) is 10.9 Å². The number of carbonyl (C=O) groups excluding carboxylic acids is 1. The lowest BCUT2D eigenvalue weighted by atomic mass is 10.0. The summed E-state index contributed by atoms with van der Waals surface area (Å²) in [6, 6.07) is 10.4. The quantitative estimate of drug-likeness (QED) is 0.207. The Kier molecular flexibility index (Phi) is 7.18. The first-order valence-corrected chi connectivity index (χ1v) is 11.2. The predicted molar refractivity (Wildman–Crippen MR) is 123 cm³/mol. The summed E-state index contributed by atoms with van der Waals surface area (Å²) in [6.07, 6.45) is -0.984. The molecule has 2 heterocycles. The van der Waals surface area contributed by atoms with E-state index in [1.807, 2.05) is 37.4 Å². The van der Waals surface area contributed by atoms with E-state index in [1.165, 1.54) is 19.2 Å². The van der Waals surface area contributed by atoms with Crippen LogP contribution in [-0.4, -0.2) is 36.0 Å². The molecule has 0 bridgehead atoms. The van der Waals surface area contributed by atoms with Crippen molar-refractivity contribution in [2.24, 2.45) is 0 Å². The molecule has 7 nitrogen and oxygen atoms in total. The second-order valence-electron chi connectivity index (χ2n) is 7.99. The topological polar surface area (TPSA) is 75.7 Å². The van der Waals surface area contributed by atoms with Gasteiger partial charge in [-0.1, -0.05) is 18.5 Å². The monoisotopic (exact) mass is 490 g/mol. The number of esters is 1. The van der Waals surface area contributed by atoms with Crippen LogP contribution in [0.5, 0.6) is 11.5 Å². The molecule has 0 fully saturated rings. The molecule has 0 atom stereocenters. The Morgan fingerprint density at radius 1 is 1.11 bits per heavy atom. The number of aryl methyl sites for hydroxylation is 1. The Labute approximate surface area is 199 Å². The Balaban J connectivity index is 1.35. The fraction of sp³-hybridized carbons (Fsp3) is 0.360. The molecule has 2 aromatic heterocycles. The molecule has 35 heavy (non-hydrogen) atoms. The van der Waals surface area contributed by atoms with Crippen LogP contribution < -0.4 is 9.47 Å². The van der Waals surface area contributed by atoms with Gasteiger partial charge < -0.3 is 23.3 Å². The van der Waals surface area contributed by atoms with Gasteiger partial charge in [0.15, 0.2) is 11.3 Å². The van der Waals surface area contributed by atoms with Gasteiger partial charge >= 0.3 is 12.1 Å². The van der Waals surface area contributed by atoms with Gasteiger partial charge in [0.05, 0.1) is 25.7 Å². The van der Waals surface area contributed by atoms with E-state index >= 15 is 0 Å². The van der Waals surface area contributed by atoms with E-state index in [2.05, 4.69) is 5.16 Å². The van der Waals surface area contributed by atoms with Gasteiger partial charge in [0, 0.05) is 29.1 Å². The van der Waals surface area contributed by atoms with E-state index in [1.54, 1.807) is 4.57 Å². The van der Waals surface area contributed by atoms with Gasteiger partial charge in [-0.3, -0.25) is 4.79 Å². The maximum Gasteiger partial charge on any atom is 0.437 e. The fourth-order valence-electron chi connectivity index (χ4n) is 3.91. The molecular formula is C25H25F3N2O5. The number of hydrogen-bond donors (Lipinski definition) is 0. The number of nitrogens with zero attached hydrogens (tertiary/aromatic N) is 2. The molecule has 0 spiro atoms. The third-order valence-corrected chi connectivity index (χ3v) is 5.55. The molecule has 0 N–H and O–H groups in total. The number of methoxy groups -OCH3 is 1. The summed E-state index contributed by atoms with van der Waals surface area (Å²) in [5.41, 5.74) is 0.560. The highest BCUT2D eigenvalue weighted by Gasteiger charge is 2.37. The summed E-state index contributed by atoms with van der Waals surface area (Å²) >= 11 is 0. The molecule has 0 saturated heterocycles. The van der Waals surface area contributed by atoms with Crippen LogP contribution in [0.25, 0.3) is 21.9 Å². The van der Waals surface area contributed by atoms with Crippen molar-refractivity contribution < 1.29 is 36.7 Å². The summed E-state index contributed by atoms with van der Waals surface area (Å²) < 4.78 is 62.7. The van der Waals surface area contributed by atoms with Crippen molar-refractivity contribution >= 4 is 27.8 Å². The SMILES string of the molecule is CCCc1c(OCCCOc2ccc3c(ccn3CC(=O)OC)c2)ccc2c(C(F)(F)F)noc12. The molecule has 0 aliphatic heterocycles. The number of ether oxygens (including phenoxy) is 3. The minimum absolute atomic E-state index is 0.0626. The van der Waals surface area contributed by atoms with Crippen molar-refractivity contribution in [1.82, 2.24) is 9.72 Å². The summed E-state index contributed by atoms with van der Waals surface area (Å²) in [7, 11) is 1.35. The maximum absolute atomic E-state index is 13.2. The molecule has 0 aliphatic carbocycles. The van der Waals surface area contributed by atoms with Gasteiger partial charge in [0.2, 0.25) is 0 Å². The van der Waals surface area contributed by atoms with Crippen molar-refractivity contribution in [3.8, 4) is 11.5 Å². The number of fused-ring (bicyclic) bond motifs is 2. The molecule has 0 unspecified atom stereocenters. The van der Waals surface area contributed by atoms with Gasteiger partial charge in [-0.15, -0.1) is 0 Å². The van der Waals surface area contributed by atoms with Crippen LogP contribution in [0.2, 0.25) is 0 Å². The highest BCUT2D eigenvalue weighted by Crippen LogP contribution is 2.38. The van der Waals surface area contributed by atoms with Gasteiger partial charge in [-0.25, -0.2) is 0 Å². The van der Waals surface area contributed by atoms with Crippen molar-refractivity contribution in [2.75, 3.05) is 20.3 Å². The highest BCUT2D eigenvalue weighted by atomic mass is 19.4. The van der Waals surface area contributed by atoms with Crippen LogP contribution in [0.1, 0.15) is 31.0 Å². The standard InChI is InChI=1S/C25H25F3N2O5/c1-3-5-18-21(9-7-19-23(18)35-29-24(19)25(26,27)28)34-13-4-12-33-17-6-8-20-16(14-17)10-11-30(20)15-22(31)32-2/h6-11,14H,3-5,12-13,15H2,1-2H3. The number of alkyl halides is 3. The Hall–Kier alpha value is -3.69. The third kappa shape index (κ3) is 5.36. The smallest absolute Gasteiger partial charge is 0.437 e. The van der Waals surface area contributed by atoms with Gasteiger partial charge in [0.25, 0.3) is 0 Å². The fourth-order valence-corrected chi connectivity index (χ4v) is 3.91. The van der Waals surface area contributed by atoms with E-state index < -0.39 is 11.9 Å². The van der Waals surface area contributed by atoms with Crippen molar-refractivity contribution in [1.29, 1.82) is 0 Å². The summed E-state index contributed by atoms with van der Waals surface area (Å²) in [5, 5.41) is 4.11. The van der Waals surface area contributed by atoms with E-state index in [4.69, 9.17) is 18.7 Å². The van der Waals surface area contributed by atoms with Gasteiger partial charge in [-0.05, 0) is 42.8 Å². The molecule has 4 aromatic rings. The molecule has 0 saturated carbocycles. The predicted octanol–water partition coefficient (Wildman–Crippen LogP) is 5.77. The first-order valence-electron chi connectivity index (χ1n) is 11.2. The zero-order valence-corrected chi connectivity index (χ0v) is 19.4. The van der Waals surface area contributed by atoms with Gasteiger partial charge in [-0.2, -0.15) is 13.2 Å². The lowest BCUT2D eigenvalue weighted by molar-refractivity contribution is -0.142. The average Bonchev–Trinajstić information content (AvgIpc) is 3.44. The average molecular weight is 490 g/mol. The number of halogens is 3. The number of hydrogen-bond acceptors (Lipinski definition) is 6. The first kappa shape index (κ1) is 24.4. The van der Waals surface area contributed by atoms with E-state index in [0.29, 0.717) is 49.5 Å².